The molecule has 4 rings (SSSR count). The first-order chi connectivity index (χ1) is 18.4. The van der Waals surface area contributed by atoms with Crippen LogP contribution >= 0.6 is 0 Å². The number of anilines is 1. The van der Waals surface area contributed by atoms with Crippen LogP contribution in [-0.4, -0.2) is 68.0 Å². The molecule has 3 amide bonds. The third-order valence-corrected chi connectivity index (χ3v) is 6.23. The monoisotopic (exact) mass is 516 g/mol. The average molecular weight is 517 g/mol. The number of likely N-dealkylation sites (N-methyl/N-ethyl adjacent to an activating group) is 1. The molecule has 1 saturated heterocycles. The van der Waals surface area contributed by atoms with E-state index in [1.807, 2.05) is 49.3 Å². The van der Waals surface area contributed by atoms with Crippen LogP contribution in [0.25, 0.3) is 0 Å². The number of benzene rings is 3. The Labute approximate surface area is 222 Å². The molecule has 3 aromatic carbocycles. The van der Waals surface area contributed by atoms with Crippen molar-refractivity contribution in [2.75, 3.05) is 39.6 Å². The number of hydrogen-bond acceptors (Lipinski definition) is 6. The molecule has 1 aliphatic heterocycles. The minimum Gasteiger partial charge on any atom is -0.496 e. The van der Waals surface area contributed by atoms with Crippen LogP contribution in [0.4, 0.5) is 10.5 Å². The summed E-state index contributed by atoms with van der Waals surface area (Å²) in [6.45, 7) is 1.31. The Bertz CT molecular complexity index is 1280. The van der Waals surface area contributed by atoms with Gasteiger partial charge in [-0.1, -0.05) is 54.6 Å². The van der Waals surface area contributed by atoms with Crippen LogP contribution in [0.2, 0.25) is 0 Å². The summed E-state index contributed by atoms with van der Waals surface area (Å²) in [4.78, 5) is 42.7. The minimum atomic E-state index is -0.884. The predicted octanol–water partition coefficient (Wildman–Crippen LogP) is 3.69. The largest absolute Gasteiger partial charge is 0.496 e. The number of carbonyl (C=O) groups excluding carboxylic acids is 3. The molecule has 0 bridgehead atoms. The minimum absolute atomic E-state index is 0.228. The normalized spacial score (nSPS) is 16.7. The van der Waals surface area contributed by atoms with E-state index >= 15 is 0 Å². The summed E-state index contributed by atoms with van der Waals surface area (Å²) in [7, 11) is 5.35. The van der Waals surface area contributed by atoms with Gasteiger partial charge < -0.3 is 25.0 Å². The van der Waals surface area contributed by atoms with Crippen molar-refractivity contribution in [1.82, 2.24) is 15.1 Å². The molecule has 38 heavy (non-hydrogen) atoms. The van der Waals surface area contributed by atoms with Crippen molar-refractivity contribution in [2.24, 2.45) is 0 Å². The molecule has 3 aromatic rings. The van der Waals surface area contributed by atoms with Gasteiger partial charge >= 0.3 is 6.09 Å². The Morgan fingerprint density at radius 3 is 2.47 bits per heavy atom. The van der Waals surface area contributed by atoms with Gasteiger partial charge in [-0.15, -0.1) is 0 Å². The van der Waals surface area contributed by atoms with Crippen LogP contribution in [0.5, 0.6) is 5.75 Å². The lowest BCUT2D eigenvalue weighted by atomic mass is 10.00. The number of hydrogen-bond donors (Lipinski definition) is 2. The molecule has 2 N–H and O–H groups in total. The van der Waals surface area contributed by atoms with E-state index in [4.69, 9.17) is 9.47 Å². The lowest BCUT2D eigenvalue weighted by Crippen LogP contribution is -2.47. The summed E-state index contributed by atoms with van der Waals surface area (Å²) in [6, 6.07) is 22.5. The molecule has 2 unspecified atom stereocenters. The first-order valence-corrected chi connectivity index (χ1v) is 12.4. The van der Waals surface area contributed by atoms with Crippen molar-refractivity contribution >= 4 is 23.6 Å². The first-order valence-electron chi connectivity index (χ1n) is 12.4. The summed E-state index contributed by atoms with van der Waals surface area (Å²) >= 11 is 0. The fraction of sp³-hybridized carbons (Fsp3) is 0.276. The van der Waals surface area contributed by atoms with Gasteiger partial charge in [0.1, 0.15) is 5.75 Å². The summed E-state index contributed by atoms with van der Waals surface area (Å²) in [6.07, 6.45) is -1.43. The molecule has 1 aliphatic rings. The zero-order valence-electron chi connectivity index (χ0n) is 21.7. The van der Waals surface area contributed by atoms with Gasteiger partial charge in [-0.2, -0.15) is 0 Å². The third-order valence-electron chi connectivity index (χ3n) is 6.23. The fourth-order valence-corrected chi connectivity index (χ4v) is 4.32. The van der Waals surface area contributed by atoms with E-state index in [1.165, 1.54) is 12.0 Å². The Balaban J connectivity index is 1.59. The van der Waals surface area contributed by atoms with Crippen LogP contribution < -0.4 is 15.4 Å². The molecule has 1 heterocycles. The smallest absolute Gasteiger partial charge is 0.411 e. The number of para-hydroxylation sites is 1. The Morgan fingerprint density at radius 2 is 1.74 bits per heavy atom. The average Bonchev–Trinajstić information content (AvgIpc) is 3.24. The zero-order valence-corrected chi connectivity index (χ0v) is 21.7. The number of carbonyl (C=O) groups is 3. The second-order valence-electron chi connectivity index (χ2n) is 9.24. The Hall–Kier alpha value is -4.37. The first kappa shape index (κ1) is 26.7. The molecule has 0 aliphatic carbocycles. The van der Waals surface area contributed by atoms with Gasteiger partial charge in [-0.25, -0.2) is 4.79 Å². The van der Waals surface area contributed by atoms with Crippen LogP contribution in [-0.2, 0) is 16.1 Å². The predicted molar refractivity (Wildman–Crippen MR) is 144 cm³/mol. The van der Waals surface area contributed by atoms with Gasteiger partial charge in [0, 0.05) is 18.8 Å². The highest BCUT2D eigenvalue weighted by Crippen LogP contribution is 2.35. The molecule has 0 aromatic heterocycles. The van der Waals surface area contributed by atoms with E-state index in [-0.39, 0.29) is 18.4 Å². The summed E-state index contributed by atoms with van der Waals surface area (Å²) < 4.78 is 11.1. The maximum atomic E-state index is 13.4. The number of amides is 3. The molecule has 0 spiro atoms. The van der Waals surface area contributed by atoms with Crippen LogP contribution in [0.15, 0.2) is 78.9 Å². The molecule has 1 fully saturated rings. The number of cyclic esters (lactones) is 1. The van der Waals surface area contributed by atoms with E-state index in [0.29, 0.717) is 35.7 Å². The molecular formula is C29H32N4O5. The quantitative estimate of drug-likeness (QED) is 0.426. The van der Waals surface area contributed by atoms with Gasteiger partial charge in [0.25, 0.3) is 5.91 Å². The van der Waals surface area contributed by atoms with Gasteiger partial charge in [0.2, 0.25) is 5.91 Å². The fourth-order valence-electron chi connectivity index (χ4n) is 4.32. The van der Waals surface area contributed by atoms with Gasteiger partial charge in [0.05, 0.1) is 19.2 Å². The number of nitrogens with one attached hydrogen (secondary N) is 2. The summed E-state index contributed by atoms with van der Waals surface area (Å²) in [5.74, 6) is -0.189. The van der Waals surface area contributed by atoms with Crippen molar-refractivity contribution in [1.29, 1.82) is 0 Å². The SMILES string of the molecule is COc1ccccc1C(=O)Nc1cccc(C2OC(=O)N(Cc3ccccc3)C2C(=O)NCCN(C)C)c1. The number of nitrogens with zero attached hydrogens (tertiary/aromatic N) is 2. The maximum Gasteiger partial charge on any atom is 0.411 e. The van der Waals surface area contributed by atoms with Gasteiger partial charge in [-0.3, -0.25) is 14.5 Å². The standard InChI is InChI=1S/C29H32N4O5/c1-32(2)17-16-30-28(35)25-26(38-29(36)33(25)19-20-10-5-4-6-11-20)21-12-9-13-22(18-21)31-27(34)23-14-7-8-15-24(23)37-3/h4-15,18,25-26H,16-17,19H2,1-3H3,(H,30,35)(H,31,34). The van der Waals surface area contributed by atoms with Gasteiger partial charge in [-0.05, 0) is 49.5 Å². The van der Waals surface area contributed by atoms with Crippen LogP contribution in [0.3, 0.4) is 0 Å². The second-order valence-corrected chi connectivity index (χ2v) is 9.24. The van der Waals surface area contributed by atoms with E-state index in [0.717, 1.165) is 5.56 Å². The van der Waals surface area contributed by atoms with Crippen molar-refractivity contribution in [2.45, 2.75) is 18.7 Å². The highest BCUT2D eigenvalue weighted by atomic mass is 16.6. The maximum absolute atomic E-state index is 13.4. The van der Waals surface area contributed by atoms with Crippen molar-refractivity contribution in [3.05, 3.63) is 95.6 Å². The van der Waals surface area contributed by atoms with E-state index < -0.39 is 18.2 Å². The van der Waals surface area contributed by atoms with Crippen molar-refractivity contribution < 1.29 is 23.9 Å². The lowest BCUT2D eigenvalue weighted by molar-refractivity contribution is -0.126. The van der Waals surface area contributed by atoms with Crippen LogP contribution in [0, 0.1) is 0 Å². The lowest BCUT2D eigenvalue weighted by Gasteiger charge is -2.24. The van der Waals surface area contributed by atoms with Gasteiger partial charge in [0.15, 0.2) is 12.1 Å². The van der Waals surface area contributed by atoms with E-state index in [1.54, 1.807) is 48.5 Å². The Morgan fingerprint density at radius 1 is 1.00 bits per heavy atom. The van der Waals surface area contributed by atoms with E-state index in [9.17, 15) is 14.4 Å². The van der Waals surface area contributed by atoms with Crippen molar-refractivity contribution in [3.8, 4) is 5.75 Å². The molecule has 0 saturated carbocycles. The van der Waals surface area contributed by atoms with Crippen LogP contribution in [0.1, 0.15) is 27.6 Å². The molecule has 198 valence electrons. The molecule has 2 atom stereocenters. The number of ether oxygens (including phenoxy) is 2. The molecule has 9 heteroatoms. The number of methoxy groups -OCH3 is 1. The third kappa shape index (κ3) is 6.30. The molecule has 9 nitrogen and oxygen atoms in total. The zero-order chi connectivity index (χ0) is 27.1. The highest BCUT2D eigenvalue weighted by molar-refractivity contribution is 6.06. The summed E-state index contributed by atoms with van der Waals surface area (Å²) in [5.41, 5.74) is 2.37. The van der Waals surface area contributed by atoms with Crippen molar-refractivity contribution in [3.63, 3.8) is 0 Å². The Kier molecular flexibility index (Phi) is 8.60. The summed E-state index contributed by atoms with van der Waals surface area (Å²) in [5, 5.41) is 5.81. The second kappa shape index (κ2) is 12.2. The molecule has 0 radical (unpaired) electrons. The highest BCUT2D eigenvalue weighted by Gasteiger charge is 2.47. The molecular weight excluding hydrogens is 484 g/mol. The topological polar surface area (TPSA) is 100 Å². The number of rotatable bonds is 10. The van der Waals surface area contributed by atoms with E-state index in [2.05, 4.69) is 10.6 Å².